The van der Waals surface area contributed by atoms with Gasteiger partial charge < -0.3 is 14.1 Å². The summed E-state index contributed by atoms with van der Waals surface area (Å²) < 4.78 is 12.0. The van der Waals surface area contributed by atoms with Crippen LogP contribution in [0, 0.1) is 0 Å². The summed E-state index contributed by atoms with van der Waals surface area (Å²) in [7, 11) is 0. The van der Waals surface area contributed by atoms with Crippen LogP contribution < -0.4 is 10.2 Å². The maximum atomic E-state index is 13.6. The number of para-hydroxylation sites is 1. The summed E-state index contributed by atoms with van der Waals surface area (Å²) in [4.78, 5) is 29.0. The molecule has 1 atom stereocenters. The smallest absolute Gasteiger partial charge is 0.290 e. The highest BCUT2D eigenvalue weighted by Gasteiger charge is 2.42. The SMILES string of the molecule is O=C1c2oc3ccccc3c(=O)c2C(c2ccc(OCc3ccccc3)cc2)N1CCc1ccccc1. The van der Waals surface area contributed by atoms with Gasteiger partial charge in [-0.15, -0.1) is 0 Å². The summed E-state index contributed by atoms with van der Waals surface area (Å²) in [6, 6.07) is 34.2. The maximum Gasteiger partial charge on any atom is 0.290 e. The first-order valence-corrected chi connectivity index (χ1v) is 12.4. The average Bonchev–Trinajstić information content (AvgIpc) is 3.23. The van der Waals surface area contributed by atoms with E-state index in [9.17, 15) is 9.59 Å². The molecule has 5 aromatic rings. The first-order valence-electron chi connectivity index (χ1n) is 12.4. The third-order valence-corrected chi connectivity index (χ3v) is 6.80. The Labute approximate surface area is 214 Å². The molecule has 1 aromatic heterocycles. The zero-order chi connectivity index (χ0) is 25.2. The van der Waals surface area contributed by atoms with Crippen molar-refractivity contribution < 1.29 is 13.9 Å². The summed E-state index contributed by atoms with van der Waals surface area (Å²) >= 11 is 0. The highest BCUT2D eigenvalue weighted by Crippen LogP contribution is 2.38. The van der Waals surface area contributed by atoms with Crippen molar-refractivity contribution in [2.75, 3.05) is 6.54 Å². The highest BCUT2D eigenvalue weighted by atomic mass is 16.5. The summed E-state index contributed by atoms with van der Waals surface area (Å²) in [6.07, 6.45) is 0.670. The lowest BCUT2D eigenvalue weighted by molar-refractivity contribution is 0.0730. The van der Waals surface area contributed by atoms with E-state index in [1.54, 1.807) is 23.1 Å². The minimum atomic E-state index is -0.532. The van der Waals surface area contributed by atoms with Gasteiger partial charge in [0, 0.05) is 6.54 Å². The highest BCUT2D eigenvalue weighted by molar-refractivity contribution is 5.99. The number of amides is 1. The molecule has 0 saturated carbocycles. The molecule has 0 N–H and O–H groups in total. The lowest BCUT2D eigenvalue weighted by atomic mass is 9.98. The molecule has 5 nitrogen and oxygen atoms in total. The molecule has 1 unspecified atom stereocenters. The van der Waals surface area contributed by atoms with Gasteiger partial charge in [-0.2, -0.15) is 0 Å². The molecule has 182 valence electrons. The van der Waals surface area contributed by atoms with Gasteiger partial charge >= 0.3 is 0 Å². The van der Waals surface area contributed by atoms with Gasteiger partial charge in [0.15, 0.2) is 5.43 Å². The lowest BCUT2D eigenvalue weighted by Gasteiger charge is -2.25. The Morgan fingerprint density at radius 3 is 2.11 bits per heavy atom. The molecule has 0 radical (unpaired) electrons. The molecule has 6 rings (SSSR count). The van der Waals surface area contributed by atoms with Crippen molar-refractivity contribution in [3.63, 3.8) is 0 Å². The fraction of sp³-hybridized carbons (Fsp3) is 0.125. The maximum absolute atomic E-state index is 13.6. The van der Waals surface area contributed by atoms with E-state index in [1.807, 2.05) is 91.0 Å². The van der Waals surface area contributed by atoms with Gasteiger partial charge in [0.2, 0.25) is 5.76 Å². The number of rotatable bonds is 7. The number of nitrogens with zero attached hydrogens (tertiary/aromatic N) is 1. The van der Waals surface area contributed by atoms with Crippen LogP contribution in [0.2, 0.25) is 0 Å². The standard InChI is InChI=1S/C32H25NO4/c34-30-26-13-7-8-14-27(26)37-31-28(30)29(33(32(31)35)20-19-22-9-3-1-4-10-22)24-15-17-25(18-16-24)36-21-23-11-5-2-6-12-23/h1-18,29H,19-21H2. The number of carbonyl (C=O) groups is 1. The van der Waals surface area contributed by atoms with E-state index in [1.165, 1.54) is 0 Å². The Hall–Kier alpha value is -4.64. The minimum absolute atomic E-state index is 0.131. The van der Waals surface area contributed by atoms with E-state index < -0.39 is 6.04 Å². The van der Waals surface area contributed by atoms with Crippen molar-refractivity contribution in [1.82, 2.24) is 4.90 Å². The number of hydrogen-bond acceptors (Lipinski definition) is 4. The molecule has 1 aliphatic heterocycles. The van der Waals surface area contributed by atoms with Crippen LogP contribution in [0.25, 0.3) is 11.0 Å². The van der Waals surface area contributed by atoms with Crippen LogP contribution in [0.1, 0.15) is 38.9 Å². The van der Waals surface area contributed by atoms with Gasteiger partial charge in [0.1, 0.15) is 17.9 Å². The molecule has 4 aromatic carbocycles. The second kappa shape index (κ2) is 9.78. The predicted octanol–water partition coefficient (Wildman–Crippen LogP) is 6.16. The molecule has 0 bridgehead atoms. The normalized spacial score (nSPS) is 14.6. The fourth-order valence-corrected chi connectivity index (χ4v) is 4.93. The van der Waals surface area contributed by atoms with E-state index in [2.05, 4.69) is 0 Å². The molecule has 0 spiro atoms. The Morgan fingerprint density at radius 2 is 1.38 bits per heavy atom. The third-order valence-electron chi connectivity index (χ3n) is 6.80. The van der Waals surface area contributed by atoms with Crippen LogP contribution in [0.4, 0.5) is 0 Å². The molecule has 5 heteroatoms. The monoisotopic (exact) mass is 487 g/mol. The molecule has 0 saturated heterocycles. The molecular formula is C32H25NO4. The summed E-state index contributed by atoms with van der Waals surface area (Å²) in [6.45, 7) is 0.920. The number of carbonyl (C=O) groups excluding carboxylic acids is 1. The Kier molecular flexibility index (Phi) is 6.03. The van der Waals surface area contributed by atoms with E-state index >= 15 is 0 Å². The molecule has 2 heterocycles. The van der Waals surface area contributed by atoms with Gasteiger partial charge in [-0.05, 0) is 47.4 Å². The Morgan fingerprint density at radius 1 is 0.730 bits per heavy atom. The van der Waals surface area contributed by atoms with Crippen molar-refractivity contribution in [1.29, 1.82) is 0 Å². The van der Waals surface area contributed by atoms with Crippen LogP contribution in [0.5, 0.6) is 5.75 Å². The topological polar surface area (TPSA) is 59.8 Å². The van der Waals surface area contributed by atoms with Gasteiger partial charge in [-0.3, -0.25) is 9.59 Å². The molecule has 1 aliphatic rings. The zero-order valence-electron chi connectivity index (χ0n) is 20.2. The Bertz CT molecular complexity index is 1610. The molecule has 0 aliphatic carbocycles. The van der Waals surface area contributed by atoms with E-state index in [0.717, 1.165) is 22.4 Å². The largest absolute Gasteiger partial charge is 0.489 e. The van der Waals surface area contributed by atoms with Crippen LogP contribution in [-0.2, 0) is 13.0 Å². The first kappa shape index (κ1) is 22.8. The van der Waals surface area contributed by atoms with Crippen molar-refractivity contribution in [3.05, 3.63) is 147 Å². The first-order chi connectivity index (χ1) is 18.2. The second-order valence-corrected chi connectivity index (χ2v) is 9.15. The van der Waals surface area contributed by atoms with Crippen molar-refractivity contribution >= 4 is 16.9 Å². The van der Waals surface area contributed by atoms with Gasteiger partial charge in [-0.25, -0.2) is 0 Å². The summed E-state index contributed by atoms with van der Waals surface area (Å²) in [5.41, 5.74) is 3.71. The van der Waals surface area contributed by atoms with Gasteiger partial charge in [0.05, 0.1) is 17.0 Å². The molecular weight excluding hydrogens is 462 g/mol. The van der Waals surface area contributed by atoms with Crippen molar-refractivity contribution in [2.24, 2.45) is 0 Å². The number of fused-ring (bicyclic) bond motifs is 2. The zero-order valence-corrected chi connectivity index (χ0v) is 20.2. The van der Waals surface area contributed by atoms with Crippen LogP contribution in [-0.4, -0.2) is 17.4 Å². The second-order valence-electron chi connectivity index (χ2n) is 9.15. The van der Waals surface area contributed by atoms with Gasteiger partial charge in [0.25, 0.3) is 5.91 Å². The Balaban J connectivity index is 1.35. The van der Waals surface area contributed by atoms with E-state index in [0.29, 0.717) is 36.1 Å². The number of hydrogen-bond donors (Lipinski definition) is 0. The summed E-state index contributed by atoms with van der Waals surface area (Å²) in [5.74, 6) is 0.591. The fourth-order valence-electron chi connectivity index (χ4n) is 4.93. The predicted molar refractivity (Wildman–Crippen MR) is 143 cm³/mol. The average molecular weight is 488 g/mol. The van der Waals surface area contributed by atoms with Crippen molar-refractivity contribution in [2.45, 2.75) is 19.1 Å². The number of benzene rings is 4. The van der Waals surface area contributed by atoms with Crippen LogP contribution in [0.3, 0.4) is 0 Å². The lowest BCUT2D eigenvalue weighted by Crippen LogP contribution is -2.31. The minimum Gasteiger partial charge on any atom is -0.489 e. The molecule has 0 fully saturated rings. The van der Waals surface area contributed by atoms with Crippen molar-refractivity contribution in [3.8, 4) is 5.75 Å². The third kappa shape index (κ3) is 4.40. The van der Waals surface area contributed by atoms with E-state index in [4.69, 9.17) is 9.15 Å². The quantitative estimate of drug-likeness (QED) is 0.276. The van der Waals surface area contributed by atoms with Crippen LogP contribution >= 0.6 is 0 Å². The number of ether oxygens (including phenoxy) is 1. The molecule has 37 heavy (non-hydrogen) atoms. The summed E-state index contributed by atoms with van der Waals surface area (Å²) in [5, 5.41) is 0.478. The van der Waals surface area contributed by atoms with E-state index in [-0.39, 0.29) is 17.1 Å². The van der Waals surface area contributed by atoms with Crippen LogP contribution in [0.15, 0.2) is 118 Å². The molecule has 1 amide bonds. The van der Waals surface area contributed by atoms with Gasteiger partial charge in [-0.1, -0.05) is 84.9 Å².